The first-order chi connectivity index (χ1) is 14.5. The monoisotopic (exact) mass is 422 g/mol. The van der Waals surface area contributed by atoms with Crippen molar-refractivity contribution < 1.29 is 19.1 Å². The standard InChI is InChI=1S/C23H22N2O4S/c1-15-22(16(2)26)30-23(24-15)25-21(27)12-10-17-9-11-19(20(13-17)28-3)29-14-18-7-5-4-6-8-18/h4-13H,14H2,1-3H3,(H,24,25,27)/b12-10+. The highest BCUT2D eigenvalue weighted by Gasteiger charge is 2.12. The van der Waals surface area contributed by atoms with Crippen LogP contribution in [0.4, 0.5) is 5.13 Å². The predicted octanol–water partition coefficient (Wildman–Crippen LogP) is 4.89. The number of rotatable bonds is 8. The Labute approximate surface area is 179 Å². The van der Waals surface area contributed by atoms with Crippen molar-refractivity contribution in [3.05, 3.63) is 76.3 Å². The average Bonchev–Trinajstić information content (AvgIpc) is 3.11. The van der Waals surface area contributed by atoms with Gasteiger partial charge in [0.05, 0.1) is 17.7 Å². The molecule has 30 heavy (non-hydrogen) atoms. The van der Waals surface area contributed by atoms with Crippen LogP contribution in [0.5, 0.6) is 11.5 Å². The first-order valence-electron chi connectivity index (χ1n) is 9.28. The lowest BCUT2D eigenvalue weighted by Crippen LogP contribution is -2.07. The van der Waals surface area contributed by atoms with Gasteiger partial charge in [-0.2, -0.15) is 0 Å². The van der Waals surface area contributed by atoms with Gasteiger partial charge in [-0.3, -0.25) is 14.9 Å². The number of ether oxygens (including phenoxy) is 2. The number of benzene rings is 2. The quantitative estimate of drug-likeness (QED) is 0.413. The van der Waals surface area contributed by atoms with Gasteiger partial charge in [0.1, 0.15) is 6.61 Å². The highest BCUT2D eigenvalue weighted by atomic mass is 32.1. The zero-order valence-corrected chi connectivity index (χ0v) is 17.8. The molecule has 3 rings (SSSR count). The van der Waals surface area contributed by atoms with Gasteiger partial charge in [0, 0.05) is 13.0 Å². The number of anilines is 1. The largest absolute Gasteiger partial charge is 0.493 e. The highest BCUT2D eigenvalue weighted by molar-refractivity contribution is 7.17. The van der Waals surface area contributed by atoms with Crippen molar-refractivity contribution in [1.82, 2.24) is 4.98 Å². The molecule has 1 aromatic heterocycles. The lowest BCUT2D eigenvalue weighted by Gasteiger charge is -2.11. The van der Waals surface area contributed by atoms with E-state index in [1.165, 1.54) is 24.3 Å². The molecule has 0 atom stereocenters. The smallest absolute Gasteiger partial charge is 0.250 e. The van der Waals surface area contributed by atoms with Crippen LogP contribution < -0.4 is 14.8 Å². The summed E-state index contributed by atoms with van der Waals surface area (Å²) in [6, 6.07) is 15.3. The number of carbonyl (C=O) groups excluding carboxylic acids is 2. The number of hydrogen-bond donors (Lipinski definition) is 1. The Kier molecular flexibility index (Phi) is 6.98. The molecule has 2 aromatic carbocycles. The van der Waals surface area contributed by atoms with E-state index in [0.717, 1.165) is 11.1 Å². The van der Waals surface area contributed by atoms with Gasteiger partial charge in [-0.25, -0.2) is 4.98 Å². The number of aromatic nitrogens is 1. The average molecular weight is 423 g/mol. The van der Waals surface area contributed by atoms with Gasteiger partial charge >= 0.3 is 0 Å². The molecule has 0 saturated heterocycles. The van der Waals surface area contributed by atoms with Crippen molar-refractivity contribution in [2.75, 3.05) is 12.4 Å². The molecule has 7 heteroatoms. The van der Waals surface area contributed by atoms with E-state index >= 15 is 0 Å². The molecule has 3 aromatic rings. The summed E-state index contributed by atoms with van der Waals surface area (Å²) < 4.78 is 11.3. The number of hydrogen-bond acceptors (Lipinski definition) is 6. The topological polar surface area (TPSA) is 77.5 Å². The van der Waals surface area contributed by atoms with E-state index in [9.17, 15) is 9.59 Å². The van der Waals surface area contributed by atoms with Gasteiger partial charge in [-0.1, -0.05) is 47.7 Å². The summed E-state index contributed by atoms with van der Waals surface area (Å²) in [5.74, 6) is 0.804. The summed E-state index contributed by atoms with van der Waals surface area (Å²) in [4.78, 5) is 28.5. The summed E-state index contributed by atoms with van der Waals surface area (Å²) in [6.45, 7) is 3.66. The molecule has 1 amide bonds. The Morgan fingerprint density at radius 3 is 2.57 bits per heavy atom. The molecular formula is C23H22N2O4S. The van der Waals surface area contributed by atoms with Crippen LogP contribution in [0.1, 0.15) is 33.4 Å². The molecule has 0 aliphatic rings. The van der Waals surface area contributed by atoms with Crippen LogP contribution in [0.2, 0.25) is 0 Å². The molecule has 0 aliphatic heterocycles. The van der Waals surface area contributed by atoms with Crippen molar-refractivity contribution in [2.24, 2.45) is 0 Å². The van der Waals surface area contributed by atoms with Crippen LogP contribution in [0.3, 0.4) is 0 Å². The number of nitrogens with zero attached hydrogens (tertiary/aromatic N) is 1. The van der Waals surface area contributed by atoms with Crippen molar-refractivity contribution >= 4 is 34.2 Å². The van der Waals surface area contributed by atoms with E-state index in [2.05, 4.69) is 10.3 Å². The van der Waals surface area contributed by atoms with E-state index in [1.807, 2.05) is 42.5 Å². The Hall–Kier alpha value is -3.45. The van der Waals surface area contributed by atoms with Gasteiger partial charge in [0.25, 0.3) is 0 Å². The summed E-state index contributed by atoms with van der Waals surface area (Å²) in [7, 11) is 1.57. The minimum Gasteiger partial charge on any atom is -0.493 e. The van der Waals surface area contributed by atoms with Gasteiger partial charge in [-0.05, 0) is 36.3 Å². The number of thiazole rings is 1. The van der Waals surface area contributed by atoms with Gasteiger partial charge in [-0.15, -0.1) is 0 Å². The van der Waals surface area contributed by atoms with E-state index in [-0.39, 0.29) is 11.7 Å². The Morgan fingerprint density at radius 2 is 1.90 bits per heavy atom. The Balaban J connectivity index is 1.64. The molecule has 0 saturated carbocycles. The minimum atomic E-state index is -0.331. The van der Waals surface area contributed by atoms with Crippen molar-refractivity contribution in [3.63, 3.8) is 0 Å². The molecule has 0 fully saturated rings. The number of methoxy groups -OCH3 is 1. The lowest BCUT2D eigenvalue weighted by molar-refractivity contribution is -0.111. The van der Waals surface area contributed by atoms with Crippen molar-refractivity contribution in [2.45, 2.75) is 20.5 Å². The molecule has 0 radical (unpaired) electrons. The molecule has 0 aliphatic carbocycles. The summed E-state index contributed by atoms with van der Waals surface area (Å²) in [5.41, 5.74) is 2.46. The number of Topliss-reactive ketones (excluding diaryl/α,β-unsaturated/α-hetero) is 1. The van der Waals surface area contributed by atoms with Gasteiger partial charge < -0.3 is 9.47 Å². The molecular weight excluding hydrogens is 400 g/mol. The maximum atomic E-state index is 12.2. The maximum Gasteiger partial charge on any atom is 0.250 e. The number of aryl methyl sites for hydroxylation is 1. The molecule has 1 heterocycles. The molecule has 154 valence electrons. The summed E-state index contributed by atoms with van der Waals surface area (Å²) >= 11 is 1.17. The fraction of sp³-hybridized carbons (Fsp3) is 0.174. The number of amides is 1. The summed E-state index contributed by atoms with van der Waals surface area (Å²) in [6.07, 6.45) is 3.08. The van der Waals surface area contributed by atoms with Crippen molar-refractivity contribution in [1.29, 1.82) is 0 Å². The van der Waals surface area contributed by atoms with Gasteiger partial charge in [0.2, 0.25) is 5.91 Å². The lowest BCUT2D eigenvalue weighted by atomic mass is 10.2. The molecule has 6 nitrogen and oxygen atoms in total. The van der Waals surface area contributed by atoms with Crippen LogP contribution >= 0.6 is 11.3 Å². The summed E-state index contributed by atoms with van der Waals surface area (Å²) in [5, 5.41) is 3.08. The SMILES string of the molecule is COc1cc(/C=C/C(=O)Nc2nc(C)c(C(C)=O)s2)ccc1OCc1ccccc1. The first-order valence-corrected chi connectivity index (χ1v) is 10.1. The van der Waals surface area contributed by atoms with Crippen molar-refractivity contribution in [3.8, 4) is 11.5 Å². The van der Waals surface area contributed by atoms with Gasteiger partial charge in [0.15, 0.2) is 22.4 Å². The normalized spacial score (nSPS) is 10.8. The third-order valence-electron chi connectivity index (χ3n) is 4.20. The van der Waals surface area contributed by atoms with Crippen LogP contribution in [0.25, 0.3) is 6.08 Å². The number of nitrogens with one attached hydrogen (secondary N) is 1. The number of carbonyl (C=O) groups is 2. The second-order valence-electron chi connectivity index (χ2n) is 6.50. The van der Waals surface area contributed by atoms with E-state index in [1.54, 1.807) is 26.2 Å². The van der Waals surface area contributed by atoms with E-state index in [0.29, 0.717) is 33.8 Å². The highest BCUT2D eigenvalue weighted by Crippen LogP contribution is 2.29. The second-order valence-corrected chi connectivity index (χ2v) is 7.50. The van der Waals surface area contributed by atoms with E-state index < -0.39 is 0 Å². The zero-order chi connectivity index (χ0) is 21.5. The molecule has 0 unspecified atom stereocenters. The van der Waals surface area contributed by atoms with E-state index in [4.69, 9.17) is 9.47 Å². The Bertz CT molecular complexity index is 1070. The Morgan fingerprint density at radius 1 is 1.13 bits per heavy atom. The second kappa shape index (κ2) is 9.84. The third-order valence-corrected chi connectivity index (χ3v) is 5.37. The number of ketones is 1. The van der Waals surface area contributed by atoms with Crippen LogP contribution in [0, 0.1) is 6.92 Å². The molecule has 0 spiro atoms. The predicted molar refractivity (Wildman–Crippen MR) is 118 cm³/mol. The van der Waals surface area contributed by atoms with Crippen LogP contribution in [0.15, 0.2) is 54.6 Å². The van der Waals surface area contributed by atoms with Crippen LogP contribution in [-0.4, -0.2) is 23.8 Å². The maximum absolute atomic E-state index is 12.2. The third kappa shape index (κ3) is 5.55. The fourth-order valence-electron chi connectivity index (χ4n) is 2.74. The fourth-order valence-corrected chi connectivity index (χ4v) is 3.60. The molecule has 0 bridgehead atoms. The zero-order valence-electron chi connectivity index (χ0n) is 17.0. The molecule has 1 N–H and O–H groups in total. The van der Waals surface area contributed by atoms with Crippen LogP contribution in [-0.2, 0) is 11.4 Å². The minimum absolute atomic E-state index is 0.0669. The first kappa shape index (κ1) is 21.3.